The van der Waals surface area contributed by atoms with Crippen LogP contribution in [-0.2, 0) is 6.54 Å². The summed E-state index contributed by atoms with van der Waals surface area (Å²) in [6.07, 6.45) is -0.593. The van der Waals surface area contributed by atoms with E-state index >= 15 is 0 Å². The molecule has 0 saturated heterocycles. The van der Waals surface area contributed by atoms with Crippen LogP contribution >= 0.6 is 22.7 Å². The van der Waals surface area contributed by atoms with Gasteiger partial charge in [-0.2, -0.15) is 11.3 Å². The first-order valence-electron chi connectivity index (χ1n) is 7.69. The average molecular weight is 358 g/mol. The largest absolute Gasteiger partial charge is 0.383 e. The van der Waals surface area contributed by atoms with Crippen LogP contribution < -0.4 is 5.32 Å². The fourth-order valence-corrected chi connectivity index (χ4v) is 4.12. The van der Waals surface area contributed by atoms with E-state index in [9.17, 15) is 9.90 Å². The van der Waals surface area contributed by atoms with E-state index in [1.165, 1.54) is 11.3 Å². The Bertz CT molecular complexity index is 837. The first-order valence-corrected chi connectivity index (χ1v) is 9.45. The standard InChI is InChI=1S/C19H19NO2S2/c1-12-3-4-13(2)16(9-12)19(22)20-10-15-5-6-17(24-15)18(21)14-7-8-23-11-14/h3-9,11,18,21H,10H2,1-2H3,(H,20,22). The zero-order valence-corrected chi connectivity index (χ0v) is 15.2. The molecule has 1 atom stereocenters. The Morgan fingerprint density at radius 3 is 2.79 bits per heavy atom. The molecule has 5 heteroatoms. The van der Waals surface area contributed by atoms with Gasteiger partial charge in [0, 0.05) is 15.3 Å². The summed E-state index contributed by atoms with van der Waals surface area (Å²) >= 11 is 3.09. The van der Waals surface area contributed by atoms with E-state index in [-0.39, 0.29) is 5.91 Å². The number of amides is 1. The number of hydrogen-bond donors (Lipinski definition) is 2. The van der Waals surface area contributed by atoms with Gasteiger partial charge < -0.3 is 10.4 Å². The molecule has 1 unspecified atom stereocenters. The van der Waals surface area contributed by atoms with Crippen LogP contribution in [0, 0.1) is 13.8 Å². The molecular formula is C19H19NO2S2. The Morgan fingerprint density at radius 2 is 2.04 bits per heavy atom. The fraction of sp³-hybridized carbons (Fsp3) is 0.211. The Balaban J connectivity index is 1.65. The van der Waals surface area contributed by atoms with E-state index in [0.29, 0.717) is 12.1 Å². The number of carbonyl (C=O) groups excluding carboxylic acids is 1. The molecule has 2 N–H and O–H groups in total. The van der Waals surface area contributed by atoms with Crippen molar-refractivity contribution in [3.05, 3.63) is 79.2 Å². The lowest BCUT2D eigenvalue weighted by molar-refractivity contribution is 0.0950. The molecular weight excluding hydrogens is 338 g/mol. The van der Waals surface area contributed by atoms with Crippen molar-refractivity contribution in [2.45, 2.75) is 26.5 Å². The van der Waals surface area contributed by atoms with Crippen molar-refractivity contribution in [3.8, 4) is 0 Å². The Hall–Kier alpha value is -1.95. The van der Waals surface area contributed by atoms with E-state index < -0.39 is 6.10 Å². The fourth-order valence-electron chi connectivity index (χ4n) is 2.47. The van der Waals surface area contributed by atoms with Crippen molar-refractivity contribution in [1.82, 2.24) is 5.32 Å². The number of hydrogen-bond acceptors (Lipinski definition) is 4. The molecule has 3 aromatic rings. The first-order chi connectivity index (χ1) is 11.5. The average Bonchev–Trinajstić information content (AvgIpc) is 3.26. The van der Waals surface area contributed by atoms with Crippen LogP contribution in [0.5, 0.6) is 0 Å². The second-order valence-corrected chi connectivity index (χ2v) is 7.74. The van der Waals surface area contributed by atoms with Gasteiger partial charge in [0.1, 0.15) is 6.10 Å². The number of thiophene rings is 2. The van der Waals surface area contributed by atoms with E-state index in [1.54, 1.807) is 11.3 Å². The Morgan fingerprint density at radius 1 is 1.21 bits per heavy atom. The third-order valence-corrected chi connectivity index (χ3v) is 5.71. The summed E-state index contributed by atoms with van der Waals surface area (Å²) in [6, 6.07) is 11.7. The van der Waals surface area contributed by atoms with E-state index in [2.05, 4.69) is 5.32 Å². The highest BCUT2D eigenvalue weighted by Gasteiger charge is 2.14. The number of nitrogens with one attached hydrogen (secondary N) is 1. The van der Waals surface area contributed by atoms with Crippen LogP contribution in [0.3, 0.4) is 0 Å². The topological polar surface area (TPSA) is 49.3 Å². The molecule has 2 heterocycles. The van der Waals surface area contributed by atoms with Gasteiger partial charge >= 0.3 is 0 Å². The van der Waals surface area contributed by atoms with Gasteiger partial charge in [-0.05, 0) is 60.0 Å². The molecule has 0 aliphatic rings. The van der Waals surface area contributed by atoms with Crippen LogP contribution in [-0.4, -0.2) is 11.0 Å². The van der Waals surface area contributed by atoms with Gasteiger partial charge in [-0.1, -0.05) is 17.7 Å². The number of aryl methyl sites for hydroxylation is 2. The quantitative estimate of drug-likeness (QED) is 0.709. The van der Waals surface area contributed by atoms with Crippen molar-refractivity contribution in [2.75, 3.05) is 0 Å². The minimum Gasteiger partial charge on any atom is -0.383 e. The molecule has 0 aliphatic carbocycles. The summed E-state index contributed by atoms with van der Waals surface area (Å²) in [5, 5.41) is 17.2. The first kappa shape index (κ1) is 16.9. The van der Waals surface area contributed by atoms with E-state index in [0.717, 1.165) is 26.4 Å². The molecule has 0 spiro atoms. The van der Waals surface area contributed by atoms with Gasteiger partial charge in [-0.25, -0.2) is 0 Å². The van der Waals surface area contributed by atoms with Crippen molar-refractivity contribution < 1.29 is 9.90 Å². The number of aliphatic hydroxyl groups excluding tert-OH is 1. The number of benzene rings is 1. The second-order valence-electron chi connectivity index (χ2n) is 5.76. The molecule has 0 radical (unpaired) electrons. The predicted molar refractivity (Wildman–Crippen MR) is 99.8 cm³/mol. The lowest BCUT2D eigenvalue weighted by atomic mass is 10.1. The monoisotopic (exact) mass is 357 g/mol. The normalized spacial score (nSPS) is 12.1. The van der Waals surface area contributed by atoms with Gasteiger partial charge in [-0.15, -0.1) is 11.3 Å². The molecule has 24 heavy (non-hydrogen) atoms. The van der Waals surface area contributed by atoms with Crippen molar-refractivity contribution >= 4 is 28.6 Å². The summed E-state index contributed by atoms with van der Waals surface area (Å²) in [4.78, 5) is 14.3. The molecule has 3 rings (SSSR count). The van der Waals surface area contributed by atoms with Crippen LogP contribution in [0.4, 0.5) is 0 Å². The van der Waals surface area contributed by atoms with E-state index in [1.807, 2.05) is 61.0 Å². The highest BCUT2D eigenvalue weighted by molar-refractivity contribution is 7.12. The molecule has 0 saturated carbocycles. The van der Waals surface area contributed by atoms with Gasteiger partial charge in [-0.3, -0.25) is 4.79 Å². The van der Waals surface area contributed by atoms with Gasteiger partial charge in [0.2, 0.25) is 0 Å². The summed E-state index contributed by atoms with van der Waals surface area (Å²) in [7, 11) is 0. The Kier molecular flexibility index (Phi) is 5.14. The van der Waals surface area contributed by atoms with Crippen molar-refractivity contribution in [2.24, 2.45) is 0 Å². The third kappa shape index (κ3) is 3.75. The molecule has 0 aliphatic heterocycles. The molecule has 1 aromatic carbocycles. The van der Waals surface area contributed by atoms with Gasteiger partial charge in [0.15, 0.2) is 0 Å². The summed E-state index contributed by atoms with van der Waals surface area (Å²) in [5.74, 6) is -0.0652. The van der Waals surface area contributed by atoms with Crippen LogP contribution in [0.15, 0.2) is 47.2 Å². The minimum absolute atomic E-state index is 0.0652. The van der Waals surface area contributed by atoms with Crippen molar-refractivity contribution in [3.63, 3.8) is 0 Å². The summed E-state index contributed by atoms with van der Waals surface area (Å²) in [5.41, 5.74) is 3.67. The Labute approximate surface area is 149 Å². The SMILES string of the molecule is Cc1ccc(C)c(C(=O)NCc2ccc(C(O)c3ccsc3)s2)c1. The lowest BCUT2D eigenvalue weighted by Crippen LogP contribution is -2.23. The molecule has 1 amide bonds. The summed E-state index contributed by atoms with van der Waals surface area (Å²) < 4.78 is 0. The van der Waals surface area contributed by atoms with Gasteiger partial charge in [0.05, 0.1) is 6.54 Å². The zero-order chi connectivity index (χ0) is 17.1. The highest BCUT2D eigenvalue weighted by atomic mass is 32.1. The van der Waals surface area contributed by atoms with Crippen molar-refractivity contribution in [1.29, 1.82) is 0 Å². The molecule has 0 bridgehead atoms. The predicted octanol–water partition coefficient (Wildman–Crippen LogP) is 4.44. The highest BCUT2D eigenvalue weighted by Crippen LogP contribution is 2.29. The van der Waals surface area contributed by atoms with E-state index in [4.69, 9.17) is 0 Å². The number of carbonyl (C=O) groups is 1. The van der Waals surface area contributed by atoms with Crippen LogP contribution in [0.25, 0.3) is 0 Å². The van der Waals surface area contributed by atoms with Crippen LogP contribution in [0.1, 0.15) is 42.9 Å². The molecule has 3 nitrogen and oxygen atoms in total. The molecule has 124 valence electrons. The maximum absolute atomic E-state index is 12.4. The maximum Gasteiger partial charge on any atom is 0.251 e. The maximum atomic E-state index is 12.4. The molecule has 2 aromatic heterocycles. The van der Waals surface area contributed by atoms with Crippen LogP contribution in [0.2, 0.25) is 0 Å². The lowest BCUT2D eigenvalue weighted by Gasteiger charge is -2.08. The molecule has 0 fully saturated rings. The second kappa shape index (κ2) is 7.30. The smallest absolute Gasteiger partial charge is 0.251 e. The number of aliphatic hydroxyl groups is 1. The summed E-state index contributed by atoms with van der Waals surface area (Å²) in [6.45, 7) is 4.38. The zero-order valence-electron chi connectivity index (χ0n) is 13.6. The minimum atomic E-state index is -0.593. The van der Waals surface area contributed by atoms with Gasteiger partial charge in [0.25, 0.3) is 5.91 Å². The third-order valence-electron chi connectivity index (χ3n) is 3.87. The number of rotatable bonds is 5.